The van der Waals surface area contributed by atoms with Gasteiger partial charge < -0.3 is 16.0 Å². The lowest BCUT2D eigenvalue weighted by atomic mass is 9.97. The van der Waals surface area contributed by atoms with Crippen LogP contribution in [-0.4, -0.2) is 33.9 Å². The number of nitrogens with zero attached hydrogens (tertiary/aromatic N) is 3. The Morgan fingerprint density at radius 2 is 1.66 bits per heavy atom. The van der Waals surface area contributed by atoms with Crippen LogP contribution in [0.5, 0.6) is 0 Å². The molecule has 0 unspecified atom stereocenters. The third-order valence-electron chi connectivity index (χ3n) is 6.74. The summed E-state index contributed by atoms with van der Waals surface area (Å²) < 4.78 is 80.0. The van der Waals surface area contributed by atoms with Crippen molar-refractivity contribution in [2.45, 2.75) is 31.7 Å². The van der Waals surface area contributed by atoms with E-state index in [0.717, 1.165) is 31.3 Å². The number of amides is 1. The number of hydrogen-bond acceptors (Lipinski definition) is 6. The Morgan fingerprint density at radius 1 is 0.927 bits per heavy atom. The summed E-state index contributed by atoms with van der Waals surface area (Å²) in [4.78, 5) is 25.6. The summed E-state index contributed by atoms with van der Waals surface area (Å²) in [6.07, 6.45) is -6.52. The molecule has 3 heterocycles. The number of halogens is 6. The second-order valence-corrected chi connectivity index (χ2v) is 9.56. The van der Waals surface area contributed by atoms with Crippen molar-refractivity contribution in [2.75, 3.05) is 18.4 Å². The van der Waals surface area contributed by atoms with Crippen molar-refractivity contribution < 1.29 is 31.1 Å². The Kier molecular flexibility index (Phi) is 7.80. The summed E-state index contributed by atoms with van der Waals surface area (Å²) in [7, 11) is 0. The monoisotopic (exact) mass is 574 g/mol. The van der Waals surface area contributed by atoms with Gasteiger partial charge in [0.05, 0.1) is 28.9 Å². The standard InChI is InChI=1S/C28H24F6N6O/c29-27(30,31)18-4-6-19(7-5-18)38-25-20-8-3-17(24-21(28(32,33)34)2-1-11-36-24)14-22(20)39-23(40-25)15-37-26(41)16-9-12-35-13-10-16/h1-8,11,14,16,35H,9-10,12-13,15H2,(H,37,41)(H,38,39,40). The normalized spacial score (nSPS) is 14.7. The van der Waals surface area contributed by atoms with Crippen LogP contribution >= 0.6 is 0 Å². The molecule has 0 saturated carbocycles. The topological polar surface area (TPSA) is 91.8 Å². The number of rotatable bonds is 6. The van der Waals surface area contributed by atoms with E-state index in [1.165, 1.54) is 42.6 Å². The van der Waals surface area contributed by atoms with E-state index in [1.807, 2.05) is 0 Å². The Labute approximate surface area is 230 Å². The van der Waals surface area contributed by atoms with Crippen LogP contribution in [-0.2, 0) is 23.7 Å². The van der Waals surface area contributed by atoms with E-state index in [-0.39, 0.29) is 46.8 Å². The maximum atomic E-state index is 13.7. The van der Waals surface area contributed by atoms with Crippen LogP contribution in [0.15, 0.2) is 60.8 Å². The summed E-state index contributed by atoms with van der Waals surface area (Å²) >= 11 is 0. The average Bonchev–Trinajstić information content (AvgIpc) is 2.95. The lowest BCUT2D eigenvalue weighted by Gasteiger charge is -2.21. The number of benzene rings is 2. The molecule has 1 fully saturated rings. The molecule has 0 bridgehead atoms. The van der Waals surface area contributed by atoms with Crippen molar-refractivity contribution in [3.05, 3.63) is 77.7 Å². The molecule has 0 radical (unpaired) electrons. The summed E-state index contributed by atoms with van der Waals surface area (Å²) in [5.41, 5.74) is -1.29. The minimum absolute atomic E-state index is 0.0536. The molecule has 5 rings (SSSR count). The van der Waals surface area contributed by atoms with Gasteiger partial charge in [-0.2, -0.15) is 26.3 Å². The van der Waals surface area contributed by atoms with Gasteiger partial charge >= 0.3 is 12.4 Å². The van der Waals surface area contributed by atoms with Crippen molar-refractivity contribution in [1.82, 2.24) is 25.6 Å². The van der Waals surface area contributed by atoms with Gasteiger partial charge in [0, 0.05) is 28.8 Å². The number of pyridine rings is 1. The number of anilines is 2. The van der Waals surface area contributed by atoms with Crippen LogP contribution in [0, 0.1) is 5.92 Å². The molecule has 1 amide bonds. The molecule has 1 aliphatic heterocycles. The Hall–Kier alpha value is -4.26. The molecule has 2 aromatic carbocycles. The van der Waals surface area contributed by atoms with Crippen molar-refractivity contribution in [3.63, 3.8) is 0 Å². The number of alkyl halides is 6. The van der Waals surface area contributed by atoms with Crippen LogP contribution in [0.4, 0.5) is 37.8 Å². The van der Waals surface area contributed by atoms with E-state index in [4.69, 9.17) is 0 Å². The molecule has 1 saturated heterocycles. The minimum Gasteiger partial charge on any atom is -0.349 e. The smallest absolute Gasteiger partial charge is 0.349 e. The number of nitrogens with one attached hydrogen (secondary N) is 3. The number of aromatic nitrogens is 3. The van der Waals surface area contributed by atoms with E-state index in [0.29, 0.717) is 23.9 Å². The zero-order chi connectivity index (χ0) is 29.2. The van der Waals surface area contributed by atoms with Gasteiger partial charge in [-0.25, -0.2) is 9.97 Å². The highest BCUT2D eigenvalue weighted by atomic mass is 19.4. The van der Waals surface area contributed by atoms with Crippen molar-refractivity contribution in [1.29, 1.82) is 0 Å². The molecule has 3 N–H and O–H groups in total. The fourth-order valence-electron chi connectivity index (χ4n) is 4.64. The highest BCUT2D eigenvalue weighted by Gasteiger charge is 2.34. The summed E-state index contributed by atoms with van der Waals surface area (Å²) in [6.45, 7) is 1.39. The van der Waals surface area contributed by atoms with Gasteiger partial charge in [-0.05, 0) is 74.5 Å². The highest BCUT2D eigenvalue weighted by molar-refractivity contribution is 5.93. The third kappa shape index (κ3) is 6.56. The molecule has 0 spiro atoms. The lowest BCUT2D eigenvalue weighted by molar-refractivity contribution is -0.138. The molecule has 4 aromatic rings. The van der Waals surface area contributed by atoms with Gasteiger partial charge in [-0.3, -0.25) is 9.78 Å². The van der Waals surface area contributed by atoms with Gasteiger partial charge in [0.2, 0.25) is 5.91 Å². The molecule has 13 heteroatoms. The van der Waals surface area contributed by atoms with Gasteiger partial charge in [0.25, 0.3) is 0 Å². The first kappa shape index (κ1) is 28.3. The second kappa shape index (κ2) is 11.3. The molecule has 41 heavy (non-hydrogen) atoms. The van der Waals surface area contributed by atoms with Crippen molar-refractivity contribution in [2.24, 2.45) is 5.92 Å². The SMILES string of the molecule is O=C(NCc1nc(Nc2ccc(C(F)(F)F)cc2)c2ccc(-c3ncccc3C(F)(F)F)cc2n1)C1CCNCC1. The molecular formula is C28H24F6N6O. The molecule has 214 valence electrons. The zero-order valence-corrected chi connectivity index (χ0v) is 21.4. The fourth-order valence-corrected chi connectivity index (χ4v) is 4.64. The Balaban J connectivity index is 1.52. The molecule has 1 aliphatic rings. The lowest BCUT2D eigenvalue weighted by Crippen LogP contribution is -2.38. The highest BCUT2D eigenvalue weighted by Crippen LogP contribution is 2.37. The molecule has 7 nitrogen and oxygen atoms in total. The number of hydrogen-bond donors (Lipinski definition) is 3. The van der Waals surface area contributed by atoms with Crippen LogP contribution in [0.3, 0.4) is 0 Å². The maximum absolute atomic E-state index is 13.7. The number of carbonyl (C=O) groups is 1. The first-order valence-electron chi connectivity index (χ1n) is 12.7. The van der Waals surface area contributed by atoms with E-state index < -0.39 is 23.5 Å². The molecule has 0 aliphatic carbocycles. The van der Waals surface area contributed by atoms with E-state index in [9.17, 15) is 31.1 Å². The predicted molar refractivity (Wildman–Crippen MR) is 140 cm³/mol. The van der Waals surface area contributed by atoms with Gasteiger partial charge in [-0.15, -0.1) is 0 Å². The van der Waals surface area contributed by atoms with E-state index in [2.05, 4.69) is 30.9 Å². The Bertz CT molecular complexity index is 1550. The predicted octanol–water partition coefficient (Wildman–Crippen LogP) is 6.09. The first-order chi connectivity index (χ1) is 19.5. The largest absolute Gasteiger partial charge is 0.418 e. The zero-order valence-electron chi connectivity index (χ0n) is 21.4. The van der Waals surface area contributed by atoms with Crippen LogP contribution in [0.25, 0.3) is 22.2 Å². The summed E-state index contributed by atoms with van der Waals surface area (Å²) in [6, 6.07) is 10.9. The maximum Gasteiger partial charge on any atom is 0.418 e. The van der Waals surface area contributed by atoms with Crippen LogP contribution < -0.4 is 16.0 Å². The summed E-state index contributed by atoms with van der Waals surface area (Å²) in [5.74, 6) is 0.0513. The number of carbonyl (C=O) groups excluding carboxylic acids is 1. The van der Waals surface area contributed by atoms with Crippen molar-refractivity contribution in [3.8, 4) is 11.3 Å². The summed E-state index contributed by atoms with van der Waals surface area (Å²) in [5, 5.41) is 9.39. The fraction of sp³-hybridized carbons (Fsp3) is 0.286. The molecular weight excluding hydrogens is 550 g/mol. The van der Waals surface area contributed by atoms with Gasteiger partial charge in [-0.1, -0.05) is 6.07 Å². The quantitative estimate of drug-likeness (QED) is 0.242. The average molecular weight is 575 g/mol. The molecule has 0 atom stereocenters. The third-order valence-corrected chi connectivity index (χ3v) is 6.74. The number of fused-ring (bicyclic) bond motifs is 1. The second-order valence-electron chi connectivity index (χ2n) is 9.56. The first-order valence-corrected chi connectivity index (χ1v) is 12.7. The minimum atomic E-state index is -4.64. The van der Waals surface area contributed by atoms with Crippen LogP contribution in [0.1, 0.15) is 29.8 Å². The number of piperidine rings is 1. The van der Waals surface area contributed by atoms with Crippen molar-refractivity contribution >= 4 is 28.3 Å². The Morgan fingerprint density at radius 3 is 2.34 bits per heavy atom. The van der Waals surface area contributed by atoms with E-state index in [1.54, 1.807) is 0 Å². The van der Waals surface area contributed by atoms with Gasteiger partial charge in [0.1, 0.15) is 5.82 Å². The van der Waals surface area contributed by atoms with E-state index >= 15 is 0 Å². The van der Waals surface area contributed by atoms with Crippen LogP contribution in [0.2, 0.25) is 0 Å². The van der Waals surface area contributed by atoms with Gasteiger partial charge in [0.15, 0.2) is 5.82 Å². The molecule has 2 aromatic heterocycles.